The lowest BCUT2D eigenvalue weighted by atomic mass is 10.0. The molecule has 7 nitrogen and oxygen atoms in total. The number of rotatable bonds is 6. The Morgan fingerprint density at radius 1 is 1.26 bits per heavy atom. The van der Waals surface area contributed by atoms with Crippen molar-refractivity contribution < 1.29 is 19.1 Å². The SMILES string of the molecule is CCN(CC(=O)O)C1CCN(C(=O)c2ncoc2-c2ccc(C)cc2)CC1. The highest BCUT2D eigenvalue weighted by molar-refractivity contribution is 5.97. The summed E-state index contributed by atoms with van der Waals surface area (Å²) in [7, 11) is 0. The van der Waals surface area contributed by atoms with Crippen LogP contribution in [0.15, 0.2) is 35.1 Å². The topological polar surface area (TPSA) is 86.9 Å². The average molecular weight is 371 g/mol. The van der Waals surface area contributed by atoms with Crippen molar-refractivity contribution in [2.24, 2.45) is 0 Å². The quantitative estimate of drug-likeness (QED) is 0.840. The van der Waals surface area contributed by atoms with E-state index in [2.05, 4.69) is 4.98 Å². The molecule has 7 heteroatoms. The number of oxazole rings is 1. The van der Waals surface area contributed by atoms with Crippen molar-refractivity contribution in [1.29, 1.82) is 0 Å². The summed E-state index contributed by atoms with van der Waals surface area (Å²) in [6, 6.07) is 7.97. The minimum Gasteiger partial charge on any atom is -0.480 e. The monoisotopic (exact) mass is 371 g/mol. The van der Waals surface area contributed by atoms with E-state index in [1.54, 1.807) is 4.90 Å². The van der Waals surface area contributed by atoms with Gasteiger partial charge in [0, 0.05) is 24.7 Å². The third kappa shape index (κ3) is 4.36. The molecule has 0 unspecified atom stereocenters. The van der Waals surface area contributed by atoms with Crippen LogP contribution >= 0.6 is 0 Å². The first-order valence-electron chi connectivity index (χ1n) is 9.25. The van der Waals surface area contributed by atoms with Crippen LogP contribution in [0.2, 0.25) is 0 Å². The number of benzene rings is 1. The summed E-state index contributed by atoms with van der Waals surface area (Å²) in [6.45, 7) is 5.86. The zero-order chi connectivity index (χ0) is 19.4. The Balaban J connectivity index is 1.68. The number of amides is 1. The van der Waals surface area contributed by atoms with Gasteiger partial charge in [-0.3, -0.25) is 14.5 Å². The molecule has 1 fully saturated rings. The van der Waals surface area contributed by atoms with Gasteiger partial charge in [0.05, 0.1) is 6.54 Å². The summed E-state index contributed by atoms with van der Waals surface area (Å²) >= 11 is 0. The molecule has 0 spiro atoms. The van der Waals surface area contributed by atoms with E-state index in [0.29, 0.717) is 31.1 Å². The smallest absolute Gasteiger partial charge is 0.317 e. The first kappa shape index (κ1) is 19.1. The minimum absolute atomic E-state index is 0.0377. The van der Waals surface area contributed by atoms with E-state index in [9.17, 15) is 9.59 Å². The molecule has 0 radical (unpaired) electrons. The van der Waals surface area contributed by atoms with Crippen LogP contribution in [0.1, 0.15) is 35.8 Å². The van der Waals surface area contributed by atoms with Crippen molar-refractivity contribution in [3.8, 4) is 11.3 Å². The fraction of sp³-hybridized carbons (Fsp3) is 0.450. The van der Waals surface area contributed by atoms with E-state index in [1.165, 1.54) is 6.39 Å². The molecule has 3 rings (SSSR count). The number of aromatic nitrogens is 1. The maximum Gasteiger partial charge on any atom is 0.317 e. The van der Waals surface area contributed by atoms with Gasteiger partial charge in [-0.1, -0.05) is 36.8 Å². The number of aliphatic carboxylic acids is 1. The Bertz CT molecular complexity index is 792. The Kier molecular flexibility index (Phi) is 5.91. The van der Waals surface area contributed by atoms with Gasteiger partial charge in [0.1, 0.15) is 0 Å². The number of hydrogen-bond acceptors (Lipinski definition) is 5. The molecule has 1 aromatic heterocycles. The Hall–Kier alpha value is -2.67. The third-order valence-corrected chi connectivity index (χ3v) is 5.10. The second kappa shape index (κ2) is 8.35. The van der Waals surface area contributed by atoms with Crippen LogP contribution < -0.4 is 0 Å². The van der Waals surface area contributed by atoms with Gasteiger partial charge in [-0.2, -0.15) is 0 Å². The van der Waals surface area contributed by atoms with Gasteiger partial charge in [-0.05, 0) is 26.3 Å². The predicted octanol–water partition coefficient (Wildman–Crippen LogP) is 2.66. The van der Waals surface area contributed by atoms with Gasteiger partial charge in [-0.15, -0.1) is 0 Å². The molecule has 0 bridgehead atoms. The number of nitrogens with zero attached hydrogens (tertiary/aromatic N) is 3. The van der Waals surface area contributed by atoms with Crippen LogP contribution in [0, 0.1) is 6.92 Å². The number of hydrogen-bond donors (Lipinski definition) is 1. The number of likely N-dealkylation sites (tertiary alicyclic amines) is 1. The van der Waals surface area contributed by atoms with Gasteiger partial charge in [-0.25, -0.2) is 4.98 Å². The number of carbonyl (C=O) groups is 2. The van der Waals surface area contributed by atoms with E-state index in [1.807, 2.05) is 43.0 Å². The van der Waals surface area contributed by atoms with Crippen LogP contribution in [0.3, 0.4) is 0 Å². The van der Waals surface area contributed by atoms with Crippen molar-refractivity contribution in [1.82, 2.24) is 14.8 Å². The molecule has 1 N–H and O–H groups in total. The van der Waals surface area contributed by atoms with E-state index in [-0.39, 0.29) is 18.5 Å². The maximum atomic E-state index is 12.9. The Morgan fingerprint density at radius 2 is 1.93 bits per heavy atom. The Labute approximate surface area is 158 Å². The van der Waals surface area contributed by atoms with Crippen molar-refractivity contribution in [2.75, 3.05) is 26.2 Å². The van der Waals surface area contributed by atoms with Gasteiger partial charge in [0.15, 0.2) is 17.8 Å². The largest absolute Gasteiger partial charge is 0.480 e. The molecule has 2 aromatic rings. The fourth-order valence-electron chi connectivity index (χ4n) is 3.56. The van der Waals surface area contributed by atoms with Gasteiger partial charge in [0.2, 0.25) is 0 Å². The molecular formula is C20H25N3O4. The second-order valence-corrected chi connectivity index (χ2v) is 6.88. The summed E-state index contributed by atoms with van der Waals surface area (Å²) in [4.78, 5) is 31.8. The van der Waals surface area contributed by atoms with Crippen molar-refractivity contribution in [2.45, 2.75) is 32.7 Å². The standard InChI is InChI=1S/C20H25N3O4/c1-3-22(12-17(24)25)16-8-10-23(11-9-16)20(26)18-19(27-13-21-18)15-6-4-14(2)5-7-15/h4-7,13,16H,3,8-12H2,1-2H3,(H,24,25). The highest BCUT2D eigenvalue weighted by atomic mass is 16.4. The van der Waals surface area contributed by atoms with Crippen LogP contribution in [-0.2, 0) is 4.79 Å². The number of aryl methyl sites for hydroxylation is 1. The highest BCUT2D eigenvalue weighted by Gasteiger charge is 2.30. The van der Waals surface area contributed by atoms with Crippen molar-refractivity contribution in [3.05, 3.63) is 41.9 Å². The average Bonchev–Trinajstić information content (AvgIpc) is 3.16. The van der Waals surface area contributed by atoms with Gasteiger partial charge < -0.3 is 14.4 Å². The van der Waals surface area contributed by atoms with Crippen LogP contribution in [-0.4, -0.2) is 64.0 Å². The fourth-order valence-corrected chi connectivity index (χ4v) is 3.56. The van der Waals surface area contributed by atoms with E-state index in [4.69, 9.17) is 9.52 Å². The number of carboxylic acid groups (broad SMARTS) is 1. The molecule has 0 aliphatic carbocycles. The number of carboxylic acids is 1. The van der Waals surface area contributed by atoms with E-state index in [0.717, 1.165) is 24.0 Å². The van der Waals surface area contributed by atoms with Crippen LogP contribution in [0.25, 0.3) is 11.3 Å². The summed E-state index contributed by atoms with van der Waals surface area (Å²) < 4.78 is 5.49. The van der Waals surface area contributed by atoms with Crippen molar-refractivity contribution >= 4 is 11.9 Å². The molecule has 1 aromatic carbocycles. The van der Waals surface area contributed by atoms with Crippen molar-refractivity contribution in [3.63, 3.8) is 0 Å². The Morgan fingerprint density at radius 3 is 2.52 bits per heavy atom. The predicted molar refractivity (Wildman–Crippen MR) is 100 cm³/mol. The maximum absolute atomic E-state index is 12.9. The second-order valence-electron chi connectivity index (χ2n) is 6.88. The zero-order valence-electron chi connectivity index (χ0n) is 15.7. The van der Waals surface area contributed by atoms with Crippen LogP contribution in [0.4, 0.5) is 0 Å². The molecule has 0 saturated carbocycles. The first-order valence-corrected chi connectivity index (χ1v) is 9.25. The summed E-state index contributed by atoms with van der Waals surface area (Å²) in [5.74, 6) is -0.470. The molecule has 2 heterocycles. The zero-order valence-corrected chi connectivity index (χ0v) is 15.7. The molecule has 1 saturated heterocycles. The molecule has 0 atom stereocenters. The molecular weight excluding hydrogens is 346 g/mol. The molecule has 27 heavy (non-hydrogen) atoms. The van der Waals surface area contributed by atoms with Crippen LogP contribution in [0.5, 0.6) is 0 Å². The molecule has 1 aliphatic rings. The highest BCUT2D eigenvalue weighted by Crippen LogP contribution is 2.26. The third-order valence-electron chi connectivity index (χ3n) is 5.10. The first-order chi connectivity index (χ1) is 13.0. The normalized spacial score (nSPS) is 15.3. The molecule has 1 aliphatic heterocycles. The van der Waals surface area contributed by atoms with E-state index >= 15 is 0 Å². The summed E-state index contributed by atoms with van der Waals surface area (Å²) in [5, 5.41) is 9.04. The van der Waals surface area contributed by atoms with E-state index < -0.39 is 5.97 Å². The number of carbonyl (C=O) groups excluding carboxylic acids is 1. The lowest BCUT2D eigenvalue weighted by Gasteiger charge is -2.37. The minimum atomic E-state index is -0.819. The molecule has 144 valence electrons. The van der Waals surface area contributed by atoms with Gasteiger partial charge in [0.25, 0.3) is 5.91 Å². The number of likely N-dealkylation sites (N-methyl/N-ethyl adjacent to an activating group) is 1. The summed E-state index contributed by atoms with van der Waals surface area (Å²) in [5.41, 5.74) is 2.29. The van der Waals surface area contributed by atoms with Gasteiger partial charge >= 0.3 is 5.97 Å². The lowest BCUT2D eigenvalue weighted by Crippen LogP contribution is -2.48. The molecule has 1 amide bonds. The number of piperidine rings is 1. The summed E-state index contributed by atoms with van der Waals surface area (Å²) in [6.07, 6.45) is 2.82. The lowest BCUT2D eigenvalue weighted by molar-refractivity contribution is -0.139.